The number of nitrogens with zero attached hydrogens (tertiary/aromatic N) is 3. The van der Waals surface area contributed by atoms with Crippen LogP contribution in [0.2, 0.25) is 0 Å². The minimum atomic E-state index is -0.176. The Morgan fingerprint density at radius 2 is 2.04 bits per heavy atom. The van der Waals surface area contributed by atoms with Gasteiger partial charge in [-0.2, -0.15) is 10.1 Å². The summed E-state index contributed by atoms with van der Waals surface area (Å²) in [5.41, 5.74) is 2.96. The van der Waals surface area contributed by atoms with Crippen LogP contribution in [-0.2, 0) is 4.79 Å². The quantitative estimate of drug-likeness (QED) is 0.742. The van der Waals surface area contributed by atoms with Gasteiger partial charge in [0.05, 0.1) is 0 Å². The van der Waals surface area contributed by atoms with E-state index >= 15 is 0 Å². The second-order valence-corrected chi connectivity index (χ2v) is 7.80. The molecule has 27 heavy (non-hydrogen) atoms. The number of Topliss-reactive ketones (excluding diaryl/α,β-unsaturated/α-hetero) is 1. The number of ketones is 1. The number of rotatable bonds is 3. The average Bonchev–Trinajstić information content (AvgIpc) is 3.37. The van der Waals surface area contributed by atoms with E-state index in [9.17, 15) is 4.79 Å². The molecule has 0 bridgehead atoms. The van der Waals surface area contributed by atoms with E-state index in [1.807, 2.05) is 34.3 Å². The molecule has 0 unspecified atom stereocenters. The van der Waals surface area contributed by atoms with Crippen molar-refractivity contribution in [3.63, 3.8) is 0 Å². The van der Waals surface area contributed by atoms with Crippen molar-refractivity contribution >= 4 is 29.1 Å². The zero-order chi connectivity index (χ0) is 18.2. The SMILES string of the molecule is O=C1C[C@H](/C=C/c2ccccc2)CC2=C1[C@H](c1cccs1)n1ncnc1N2. The van der Waals surface area contributed by atoms with Gasteiger partial charge in [-0.1, -0.05) is 48.6 Å². The van der Waals surface area contributed by atoms with E-state index in [0.717, 1.165) is 28.1 Å². The number of hydrogen-bond donors (Lipinski definition) is 1. The van der Waals surface area contributed by atoms with Gasteiger partial charge in [0.1, 0.15) is 12.4 Å². The Balaban J connectivity index is 1.49. The molecule has 0 radical (unpaired) electrons. The minimum absolute atomic E-state index is 0.176. The Morgan fingerprint density at radius 1 is 1.15 bits per heavy atom. The summed E-state index contributed by atoms with van der Waals surface area (Å²) in [5.74, 6) is 1.07. The first-order valence-electron chi connectivity index (χ1n) is 8.99. The Hall–Kier alpha value is -2.99. The van der Waals surface area contributed by atoms with Crippen molar-refractivity contribution in [2.24, 2.45) is 5.92 Å². The highest BCUT2D eigenvalue weighted by atomic mass is 32.1. The van der Waals surface area contributed by atoms with Crippen LogP contribution in [0.5, 0.6) is 0 Å². The van der Waals surface area contributed by atoms with Crippen LogP contribution in [0.3, 0.4) is 0 Å². The fourth-order valence-electron chi connectivity index (χ4n) is 3.84. The Kier molecular flexibility index (Phi) is 3.98. The lowest BCUT2D eigenvalue weighted by Gasteiger charge is -2.33. The maximum atomic E-state index is 13.1. The van der Waals surface area contributed by atoms with Crippen molar-refractivity contribution in [2.45, 2.75) is 18.9 Å². The van der Waals surface area contributed by atoms with Gasteiger partial charge in [-0.15, -0.1) is 11.3 Å². The van der Waals surface area contributed by atoms with Crippen LogP contribution in [-0.4, -0.2) is 20.5 Å². The highest BCUT2D eigenvalue weighted by Gasteiger charge is 2.38. The van der Waals surface area contributed by atoms with Gasteiger partial charge in [0.25, 0.3) is 0 Å². The number of nitrogens with one attached hydrogen (secondary N) is 1. The van der Waals surface area contributed by atoms with Crippen LogP contribution in [0.4, 0.5) is 5.95 Å². The molecule has 3 heterocycles. The molecule has 6 heteroatoms. The summed E-state index contributed by atoms with van der Waals surface area (Å²) in [7, 11) is 0. The molecule has 2 aromatic heterocycles. The number of carbonyl (C=O) groups excluding carboxylic acids is 1. The van der Waals surface area contributed by atoms with Gasteiger partial charge >= 0.3 is 0 Å². The largest absolute Gasteiger partial charge is 0.328 e. The summed E-state index contributed by atoms with van der Waals surface area (Å²) in [5, 5.41) is 9.75. The lowest BCUT2D eigenvalue weighted by atomic mass is 9.81. The third-order valence-corrected chi connectivity index (χ3v) is 5.99. The predicted molar refractivity (Wildman–Crippen MR) is 106 cm³/mol. The molecule has 134 valence electrons. The van der Waals surface area contributed by atoms with Crippen molar-refractivity contribution in [1.82, 2.24) is 14.8 Å². The van der Waals surface area contributed by atoms with Gasteiger partial charge < -0.3 is 5.32 Å². The molecule has 5 rings (SSSR count). The molecule has 5 nitrogen and oxygen atoms in total. The molecule has 2 atom stereocenters. The molecular weight excluding hydrogens is 356 g/mol. The number of aromatic nitrogens is 3. The maximum absolute atomic E-state index is 13.1. The lowest BCUT2D eigenvalue weighted by molar-refractivity contribution is -0.117. The summed E-state index contributed by atoms with van der Waals surface area (Å²) < 4.78 is 1.82. The van der Waals surface area contributed by atoms with Crippen molar-refractivity contribution in [1.29, 1.82) is 0 Å². The average molecular weight is 374 g/mol. The van der Waals surface area contributed by atoms with Crippen molar-refractivity contribution < 1.29 is 4.79 Å². The van der Waals surface area contributed by atoms with Crippen LogP contribution < -0.4 is 5.32 Å². The number of benzene rings is 1. The topological polar surface area (TPSA) is 59.8 Å². The van der Waals surface area contributed by atoms with Crippen molar-refractivity contribution in [3.8, 4) is 0 Å². The Labute approximate surface area is 161 Å². The number of hydrogen-bond acceptors (Lipinski definition) is 5. The van der Waals surface area contributed by atoms with E-state index in [1.54, 1.807) is 17.7 Å². The standard InChI is InChI=1S/C21H18N4OS/c26-17-12-15(9-8-14-5-2-1-3-6-14)11-16-19(17)20(18-7-4-10-27-18)25-21(24-16)22-13-23-25/h1-10,13,15,20H,11-12H2,(H,22,23,24)/b9-8+/t15-,20+/m1/s1. The summed E-state index contributed by atoms with van der Waals surface area (Å²) in [4.78, 5) is 18.5. The molecule has 0 saturated carbocycles. The fourth-order valence-corrected chi connectivity index (χ4v) is 4.66. The highest BCUT2D eigenvalue weighted by molar-refractivity contribution is 7.10. The molecule has 0 saturated heterocycles. The first-order valence-corrected chi connectivity index (χ1v) is 9.87. The van der Waals surface area contributed by atoms with E-state index in [4.69, 9.17) is 0 Å². The van der Waals surface area contributed by atoms with E-state index in [0.29, 0.717) is 12.4 Å². The van der Waals surface area contributed by atoms with Crippen LogP contribution in [0.1, 0.15) is 29.3 Å². The fraction of sp³-hybridized carbons (Fsp3) is 0.190. The molecule has 0 amide bonds. The molecule has 1 aliphatic carbocycles. The summed E-state index contributed by atoms with van der Waals surface area (Å²) in [6, 6.07) is 14.1. The van der Waals surface area contributed by atoms with Crippen molar-refractivity contribution in [2.75, 3.05) is 5.32 Å². The molecule has 2 aliphatic rings. The number of anilines is 1. The van der Waals surface area contributed by atoms with Gasteiger partial charge in [-0.05, 0) is 29.3 Å². The molecule has 0 fully saturated rings. The molecule has 1 N–H and O–H groups in total. The van der Waals surface area contributed by atoms with Gasteiger partial charge in [0.2, 0.25) is 5.95 Å². The molecule has 0 spiro atoms. The monoisotopic (exact) mass is 374 g/mol. The third-order valence-electron chi connectivity index (χ3n) is 5.07. The first-order chi connectivity index (χ1) is 13.3. The molecule has 3 aromatic rings. The first kappa shape index (κ1) is 16.2. The van der Waals surface area contributed by atoms with Crippen LogP contribution in [0.25, 0.3) is 6.08 Å². The minimum Gasteiger partial charge on any atom is -0.328 e. The van der Waals surface area contributed by atoms with E-state index in [2.05, 4.69) is 45.8 Å². The summed E-state index contributed by atoms with van der Waals surface area (Å²) in [6.45, 7) is 0. The van der Waals surface area contributed by atoms with E-state index in [1.165, 1.54) is 0 Å². The zero-order valence-electron chi connectivity index (χ0n) is 14.6. The predicted octanol–water partition coefficient (Wildman–Crippen LogP) is 4.30. The van der Waals surface area contributed by atoms with Crippen LogP contribution >= 0.6 is 11.3 Å². The number of allylic oxidation sites excluding steroid dienone is 3. The molecular formula is C21H18N4OS. The molecule has 1 aliphatic heterocycles. The van der Waals surface area contributed by atoms with Crippen LogP contribution in [0.15, 0.2) is 71.5 Å². The summed E-state index contributed by atoms with van der Waals surface area (Å²) >= 11 is 1.65. The Morgan fingerprint density at radius 3 is 2.85 bits per heavy atom. The van der Waals surface area contributed by atoms with Gasteiger partial charge in [-0.25, -0.2) is 4.68 Å². The van der Waals surface area contributed by atoms with Gasteiger partial charge in [0.15, 0.2) is 5.78 Å². The van der Waals surface area contributed by atoms with E-state index < -0.39 is 0 Å². The van der Waals surface area contributed by atoms with Crippen molar-refractivity contribution in [3.05, 3.63) is 82.0 Å². The normalized spacial score (nSPS) is 21.9. The maximum Gasteiger partial charge on any atom is 0.226 e. The number of carbonyl (C=O) groups is 1. The summed E-state index contributed by atoms with van der Waals surface area (Å²) in [6.07, 6.45) is 7.12. The Bertz CT molecular complexity index is 1030. The molecule has 1 aromatic carbocycles. The van der Waals surface area contributed by atoms with Gasteiger partial charge in [0, 0.05) is 22.6 Å². The highest BCUT2D eigenvalue weighted by Crippen LogP contribution is 2.42. The van der Waals surface area contributed by atoms with E-state index in [-0.39, 0.29) is 17.7 Å². The van der Waals surface area contributed by atoms with Crippen LogP contribution in [0, 0.1) is 5.92 Å². The van der Waals surface area contributed by atoms with Gasteiger partial charge in [-0.3, -0.25) is 4.79 Å². The second-order valence-electron chi connectivity index (χ2n) is 6.82. The number of fused-ring (bicyclic) bond motifs is 1. The lowest BCUT2D eigenvalue weighted by Crippen LogP contribution is -2.33. The number of thiophene rings is 1. The third kappa shape index (κ3) is 2.92. The second kappa shape index (κ2) is 6.63. The smallest absolute Gasteiger partial charge is 0.226 e. The zero-order valence-corrected chi connectivity index (χ0v) is 15.4.